The molecule has 1 aliphatic carbocycles. The topological polar surface area (TPSA) is 145 Å². The van der Waals surface area contributed by atoms with Crippen LogP contribution in [0.4, 0.5) is 0 Å². The van der Waals surface area contributed by atoms with Crippen LogP contribution in [0.1, 0.15) is 30.7 Å². The van der Waals surface area contributed by atoms with Gasteiger partial charge in [-0.3, -0.25) is 9.59 Å². The van der Waals surface area contributed by atoms with Crippen LogP contribution >= 0.6 is 0 Å². The number of nitrogens with one attached hydrogen (secondary N) is 1. The number of hydrogen-bond donors (Lipinski definition) is 2. The third kappa shape index (κ3) is 6.84. The van der Waals surface area contributed by atoms with E-state index in [9.17, 15) is 23.1 Å². The molecular weight excluding hydrogens is 564 g/mol. The van der Waals surface area contributed by atoms with Gasteiger partial charge in [-0.25, -0.2) is 8.42 Å². The van der Waals surface area contributed by atoms with Crippen molar-refractivity contribution in [2.45, 2.75) is 36.4 Å². The minimum absolute atomic E-state index is 0.0301. The minimum Gasteiger partial charge on any atom is -0.497 e. The number of ether oxygens (including phenoxy) is 3. The van der Waals surface area contributed by atoms with E-state index in [2.05, 4.69) is 5.32 Å². The summed E-state index contributed by atoms with van der Waals surface area (Å²) in [6.07, 6.45) is 4.40. The number of sulfonamides is 1. The normalized spacial score (nSPS) is 18.9. The van der Waals surface area contributed by atoms with Gasteiger partial charge in [0.05, 0.1) is 36.9 Å². The van der Waals surface area contributed by atoms with Gasteiger partial charge < -0.3 is 29.1 Å². The van der Waals surface area contributed by atoms with Crippen molar-refractivity contribution in [2.75, 3.05) is 40.0 Å². The molecule has 0 radical (unpaired) electrons. The largest absolute Gasteiger partial charge is 0.497 e. The standard InChI is InChI=1S/C30H34N2O9S/c1-38-22-8-10-23(11-9-22)42(36,37)32(12-14-33)13-15-39-28-17-21(16-27(41-28)30(35)31-18-20-6-7-20)25-19-40-26-5-3-2-4-24(26)29(25)34/h2-5,8-11,16,19-21,28,33H,6-7,12-15,17-18H2,1H3,(H,31,35)/t21-,28+/m0/s1. The molecule has 2 N–H and O–H groups in total. The highest BCUT2D eigenvalue weighted by Crippen LogP contribution is 2.32. The molecule has 0 saturated heterocycles. The van der Waals surface area contributed by atoms with E-state index < -0.39 is 28.1 Å². The van der Waals surface area contributed by atoms with Gasteiger partial charge in [0.1, 0.15) is 11.3 Å². The highest BCUT2D eigenvalue weighted by Gasteiger charge is 2.32. The van der Waals surface area contributed by atoms with Crippen LogP contribution in [-0.2, 0) is 24.3 Å². The monoisotopic (exact) mass is 598 g/mol. The number of rotatable bonds is 13. The van der Waals surface area contributed by atoms with Crippen LogP contribution in [0.2, 0.25) is 0 Å². The Morgan fingerprint density at radius 3 is 2.60 bits per heavy atom. The summed E-state index contributed by atoms with van der Waals surface area (Å²) in [6.45, 7) is -0.157. The van der Waals surface area contributed by atoms with Crippen molar-refractivity contribution >= 4 is 26.9 Å². The van der Waals surface area contributed by atoms with Crippen molar-refractivity contribution in [3.05, 3.63) is 82.4 Å². The molecule has 2 heterocycles. The second-order valence-corrected chi connectivity index (χ2v) is 12.2. The van der Waals surface area contributed by atoms with Crippen molar-refractivity contribution in [1.82, 2.24) is 9.62 Å². The zero-order valence-corrected chi connectivity index (χ0v) is 24.0. The predicted octanol–water partition coefficient (Wildman–Crippen LogP) is 2.74. The third-order valence-corrected chi connectivity index (χ3v) is 9.24. The molecule has 0 spiro atoms. The molecule has 3 aromatic rings. The van der Waals surface area contributed by atoms with E-state index in [4.69, 9.17) is 18.6 Å². The second-order valence-electron chi connectivity index (χ2n) is 10.3. The Morgan fingerprint density at radius 1 is 1.12 bits per heavy atom. The maximum absolute atomic E-state index is 13.3. The Hall–Kier alpha value is -3.71. The summed E-state index contributed by atoms with van der Waals surface area (Å²) in [4.78, 5) is 26.3. The summed E-state index contributed by atoms with van der Waals surface area (Å²) < 4.78 is 50.2. The van der Waals surface area contributed by atoms with Gasteiger partial charge in [-0.1, -0.05) is 12.1 Å². The van der Waals surface area contributed by atoms with Crippen LogP contribution in [0.3, 0.4) is 0 Å². The summed E-state index contributed by atoms with van der Waals surface area (Å²) in [7, 11) is -2.45. The first-order chi connectivity index (χ1) is 20.3. The first-order valence-corrected chi connectivity index (χ1v) is 15.3. The van der Waals surface area contributed by atoms with Crippen molar-refractivity contribution in [3.8, 4) is 5.75 Å². The summed E-state index contributed by atoms with van der Waals surface area (Å²) in [5.74, 6) is 0.0545. The molecule has 0 unspecified atom stereocenters. The maximum Gasteiger partial charge on any atom is 0.286 e. The molecule has 5 rings (SSSR count). The smallest absolute Gasteiger partial charge is 0.286 e. The summed E-state index contributed by atoms with van der Waals surface area (Å²) in [5, 5.41) is 12.8. The molecule has 2 atom stereocenters. The van der Waals surface area contributed by atoms with Crippen LogP contribution < -0.4 is 15.5 Å². The Balaban J connectivity index is 1.32. The van der Waals surface area contributed by atoms with Crippen LogP contribution in [0.25, 0.3) is 11.0 Å². The van der Waals surface area contributed by atoms with Gasteiger partial charge >= 0.3 is 0 Å². The average molecular weight is 599 g/mol. The van der Waals surface area contributed by atoms with E-state index in [1.165, 1.54) is 25.5 Å². The van der Waals surface area contributed by atoms with Crippen LogP contribution in [-0.4, -0.2) is 70.0 Å². The second kappa shape index (κ2) is 13.1. The van der Waals surface area contributed by atoms with Gasteiger partial charge in [0.25, 0.3) is 5.91 Å². The summed E-state index contributed by atoms with van der Waals surface area (Å²) in [5.41, 5.74) is 0.609. The highest BCUT2D eigenvalue weighted by molar-refractivity contribution is 7.89. The lowest BCUT2D eigenvalue weighted by molar-refractivity contribution is -0.146. The van der Waals surface area contributed by atoms with Gasteiger partial charge in [-0.15, -0.1) is 0 Å². The lowest BCUT2D eigenvalue weighted by Crippen LogP contribution is -2.38. The number of carbonyl (C=O) groups excluding carboxylic acids is 1. The Labute approximate surface area is 243 Å². The first kappa shape index (κ1) is 29.8. The molecule has 1 aliphatic heterocycles. The maximum atomic E-state index is 13.3. The number of allylic oxidation sites excluding steroid dienone is 1. The lowest BCUT2D eigenvalue weighted by atomic mass is 9.93. The number of fused-ring (bicyclic) bond motifs is 1. The molecule has 2 aliphatic rings. The number of para-hydroxylation sites is 1. The zero-order chi connectivity index (χ0) is 29.7. The molecule has 1 amide bonds. The van der Waals surface area contributed by atoms with Gasteiger partial charge in [-0.05, 0) is 61.2 Å². The first-order valence-electron chi connectivity index (χ1n) is 13.8. The number of amides is 1. The van der Waals surface area contributed by atoms with Crippen molar-refractivity contribution in [1.29, 1.82) is 0 Å². The van der Waals surface area contributed by atoms with Crippen LogP contribution in [0.15, 0.2) is 80.7 Å². The number of aliphatic hydroxyl groups is 1. The minimum atomic E-state index is -3.94. The fraction of sp³-hybridized carbons (Fsp3) is 0.400. The number of carbonyl (C=O) groups is 1. The Morgan fingerprint density at radius 2 is 1.88 bits per heavy atom. The summed E-state index contributed by atoms with van der Waals surface area (Å²) >= 11 is 0. The quantitative estimate of drug-likeness (QED) is 0.303. The fourth-order valence-corrected chi connectivity index (χ4v) is 6.19. The van der Waals surface area contributed by atoms with Gasteiger partial charge in [-0.2, -0.15) is 4.31 Å². The number of nitrogens with zero attached hydrogens (tertiary/aromatic N) is 1. The van der Waals surface area contributed by atoms with Gasteiger partial charge in [0.2, 0.25) is 16.3 Å². The number of aliphatic hydroxyl groups excluding tert-OH is 1. The van der Waals surface area contributed by atoms with Crippen LogP contribution in [0, 0.1) is 5.92 Å². The van der Waals surface area contributed by atoms with Gasteiger partial charge in [0, 0.05) is 37.5 Å². The van der Waals surface area contributed by atoms with Crippen LogP contribution in [0.5, 0.6) is 5.75 Å². The van der Waals surface area contributed by atoms with E-state index in [0.717, 1.165) is 17.1 Å². The van der Waals surface area contributed by atoms with Crippen molar-refractivity contribution in [2.24, 2.45) is 5.92 Å². The van der Waals surface area contributed by atoms with E-state index in [1.807, 2.05) is 0 Å². The molecule has 1 aromatic heterocycles. The average Bonchev–Trinajstić information content (AvgIpc) is 3.84. The zero-order valence-electron chi connectivity index (χ0n) is 23.2. The SMILES string of the molecule is COc1ccc(S(=O)(=O)N(CCO)CCO[C@H]2C[C@@H](c3coc4ccccc4c3=O)C=C(C(=O)NCC3CC3)O2)cc1. The van der Waals surface area contributed by atoms with E-state index in [0.29, 0.717) is 34.7 Å². The Bertz CT molecular complexity index is 1600. The number of benzene rings is 2. The molecule has 11 nitrogen and oxygen atoms in total. The fourth-order valence-electron chi connectivity index (χ4n) is 4.78. The molecule has 224 valence electrons. The van der Waals surface area contributed by atoms with Crippen molar-refractivity contribution < 1.29 is 36.9 Å². The highest BCUT2D eigenvalue weighted by atomic mass is 32.2. The molecule has 2 aromatic carbocycles. The molecule has 12 heteroatoms. The Kier molecular flexibility index (Phi) is 9.27. The molecule has 42 heavy (non-hydrogen) atoms. The lowest BCUT2D eigenvalue weighted by Gasteiger charge is -2.30. The van der Waals surface area contributed by atoms with E-state index in [1.54, 1.807) is 42.5 Å². The molecule has 1 saturated carbocycles. The van der Waals surface area contributed by atoms with Gasteiger partial charge in [0.15, 0.2) is 11.2 Å². The van der Waals surface area contributed by atoms with E-state index in [-0.39, 0.29) is 48.8 Å². The number of methoxy groups -OCH3 is 1. The molecular formula is C30H34N2O9S. The molecule has 0 bridgehead atoms. The number of hydrogen-bond acceptors (Lipinski definition) is 9. The molecule has 1 fully saturated rings. The predicted molar refractivity (Wildman–Crippen MR) is 153 cm³/mol. The van der Waals surface area contributed by atoms with Crippen molar-refractivity contribution in [3.63, 3.8) is 0 Å². The summed E-state index contributed by atoms with van der Waals surface area (Å²) in [6, 6.07) is 12.9. The van der Waals surface area contributed by atoms with E-state index >= 15 is 0 Å². The third-order valence-electron chi connectivity index (χ3n) is 7.33.